The van der Waals surface area contributed by atoms with Crippen LogP contribution in [0, 0.1) is 0 Å². The number of hydrogen-bond donors (Lipinski definition) is 4. The first kappa shape index (κ1) is 25.4. The number of likely N-dealkylation sites (N-methyl/N-ethyl adjacent to an activating group) is 1. The zero-order valence-electron chi connectivity index (χ0n) is 21.4. The minimum Gasteiger partial charge on any atom is -0.477 e. The number of amides is 1. The summed E-state index contributed by atoms with van der Waals surface area (Å²) in [5, 5.41) is 19.3. The van der Waals surface area contributed by atoms with Crippen LogP contribution in [0.2, 0.25) is 0 Å². The number of aromatic nitrogens is 3. The van der Waals surface area contributed by atoms with Gasteiger partial charge in [-0.3, -0.25) is 4.79 Å². The molecule has 1 amide bonds. The number of piperazine rings is 1. The minimum absolute atomic E-state index is 0.0809. The van der Waals surface area contributed by atoms with Crippen LogP contribution in [-0.4, -0.2) is 77.2 Å². The predicted molar refractivity (Wildman–Crippen MR) is 146 cm³/mol. The Kier molecular flexibility index (Phi) is 7.95. The first-order valence-corrected chi connectivity index (χ1v) is 12.7. The highest BCUT2D eigenvalue weighted by atomic mass is 16.5. The molecule has 0 spiro atoms. The average Bonchev–Trinajstić information content (AvgIpc) is 2.93. The minimum atomic E-state index is -0.299. The fraction of sp³-hybridized carbons (Fsp3) is 0.333. The lowest BCUT2D eigenvalue weighted by molar-refractivity contribution is 0.0958. The SMILES string of the molecule is CN1CCN(c2ccc(Nc3ncc4c(n3)Nc3cccc(n3)OCC/C=C\CNC4=O)cc2CO)CC1. The van der Waals surface area contributed by atoms with Crippen molar-refractivity contribution in [3.8, 4) is 5.88 Å². The first-order chi connectivity index (χ1) is 18.6. The van der Waals surface area contributed by atoms with Crippen molar-refractivity contribution in [2.75, 3.05) is 61.9 Å². The standard InChI is InChI=1S/C27H32N8O3/c1-34-11-13-35(14-12-34)22-9-8-20(16-19(22)18-36)30-27-29-17-21-25(33-27)32-23-6-5-7-24(31-23)38-15-4-2-3-10-28-26(21)37/h2-3,5-9,16-17,36H,4,10-15,18H2,1H3,(H,28,37)(H2,29,30,31,32,33)/b3-2-. The fourth-order valence-corrected chi connectivity index (χ4v) is 4.34. The highest BCUT2D eigenvalue weighted by Gasteiger charge is 2.19. The Hall–Kier alpha value is -4.22. The number of aliphatic hydroxyl groups excluding tert-OH is 1. The predicted octanol–water partition coefficient (Wildman–Crippen LogP) is 2.67. The smallest absolute Gasteiger partial charge is 0.256 e. The summed E-state index contributed by atoms with van der Waals surface area (Å²) < 4.78 is 5.72. The van der Waals surface area contributed by atoms with Gasteiger partial charge in [0.25, 0.3) is 5.91 Å². The van der Waals surface area contributed by atoms with Crippen LogP contribution in [0.25, 0.3) is 0 Å². The van der Waals surface area contributed by atoms with Crippen LogP contribution in [-0.2, 0) is 6.61 Å². The van der Waals surface area contributed by atoms with Crippen LogP contribution >= 0.6 is 0 Å². The second-order valence-electron chi connectivity index (χ2n) is 9.18. The Morgan fingerprint density at radius 1 is 1.11 bits per heavy atom. The van der Waals surface area contributed by atoms with Gasteiger partial charge in [0.1, 0.15) is 17.2 Å². The van der Waals surface area contributed by atoms with Crippen LogP contribution in [0.4, 0.5) is 29.0 Å². The van der Waals surface area contributed by atoms with E-state index in [0.717, 1.165) is 43.1 Å². The van der Waals surface area contributed by atoms with Crippen molar-refractivity contribution >= 4 is 34.9 Å². The largest absolute Gasteiger partial charge is 0.477 e. The summed E-state index contributed by atoms with van der Waals surface area (Å²) >= 11 is 0. The monoisotopic (exact) mass is 516 g/mol. The number of hydrogen-bond acceptors (Lipinski definition) is 10. The van der Waals surface area contributed by atoms with Crippen LogP contribution in [0.5, 0.6) is 5.88 Å². The molecule has 0 radical (unpaired) electrons. The third-order valence-corrected chi connectivity index (χ3v) is 6.43. The van der Waals surface area contributed by atoms with E-state index in [4.69, 9.17) is 4.74 Å². The van der Waals surface area contributed by atoms with Crippen molar-refractivity contribution in [3.05, 3.63) is 65.9 Å². The summed E-state index contributed by atoms with van der Waals surface area (Å²) in [6.45, 7) is 4.57. The number of ether oxygens (including phenoxy) is 1. The third-order valence-electron chi connectivity index (χ3n) is 6.43. The average molecular weight is 517 g/mol. The number of nitrogens with one attached hydrogen (secondary N) is 3. The van der Waals surface area contributed by atoms with Crippen LogP contribution in [0.1, 0.15) is 22.3 Å². The second-order valence-corrected chi connectivity index (χ2v) is 9.18. The maximum Gasteiger partial charge on any atom is 0.256 e. The van der Waals surface area contributed by atoms with Crippen LogP contribution in [0.3, 0.4) is 0 Å². The van der Waals surface area contributed by atoms with Gasteiger partial charge in [-0.2, -0.15) is 9.97 Å². The maximum absolute atomic E-state index is 12.9. The summed E-state index contributed by atoms with van der Waals surface area (Å²) in [6, 6.07) is 11.2. The molecule has 3 aromatic rings. The Morgan fingerprint density at radius 3 is 2.82 bits per heavy atom. The van der Waals surface area contributed by atoms with E-state index in [2.05, 4.69) is 47.7 Å². The van der Waals surface area contributed by atoms with Crippen LogP contribution < -0.4 is 25.6 Å². The lowest BCUT2D eigenvalue weighted by Crippen LogP contribution is -2.44. The van der Waals surface area contributed by atoms with Gasteiger partial charge in [0.2, 0.25) is 11.8 Å². The summed E-state index contributed by atoms with van der Waals surface area (Å²) in [7, 11) is 2.12. The van der Waals surface area contributed by atoms with E-state index in [1.807, 2.05) is 36.4 Å². The normalized spacial score (nSPS) is 17.3. The van der Waals surface area contributed by atoms with E-state index in [1.54, 1.807) is 12.1 Å². The van der Waals surface area contributed by atoms with Gasteiger partial charge in [-0.05, 0) is 37.7 Å². The number of fused-ring (bicyclic) bond motifs is 3. The molecule has 2 aromatic heterocycles. The van der Waals surface area contributed by atoms with Crippen molar-refractivity contribution < 1.29 is 14.6 Å². The van der Waals surface area contributed by atoms with E-state index < -0.39 is 0 Å². The zero-order chi connectivity index (χ0) is 26.3. The van der Waals surface area contributed by atoms with Gasteiger partial charge in [0, 0.05) is 61.9 Å². The molecule has 11 nitrogen and oxygen atoms in total. The zero-order valence-corrected chi connectivity index (χ0v) is 21.4. The number of benzene rings is 1. The van der Waals surface area contributed by atoms with Gasteiger partial charge >= 0.3 is 0 Å². The molecule has 11 heteroatoms. The summed E-state index contributed by atoms with van der Waals surface area (Å²) in [6.07, 6.45) is 6.02. The Bertz CT molecular complexity index is 1310. The summed E-state index contributed by atoms with van der Waals surface area (Å²) in [5.41, 5.74) is 2.87. The molecule has 4 N–H and O–H groups in total. The van der Waals surface area contributed by atoms with Crippen molar-refractivity contribution in [2.24, 2.45) is 0 Å². The number of aliphatic hydroxyl groups is 1. The molecule has 0 aliphatic carbocycles. The summed E-state index contributed by atoms with van der Waals surface area (Å²) in [5.74, 6) is 1.28. The van der Waals surface area contributed by atoms with Crippen molar-refractivity contribution in [3.63, 3.8) is 0 Å². The van der Waals surface area contributed by atoms with Crippen LogP contribution in [0.15, 0.2) is 54.7 Å². The molecule has 0 unspecified atom stereocenters. The van der Waals surface area contributed by atoms with E-state index in [9.17, 15) is 9.90 Å². The topological polar surface area (TPSA) is 128 Å². The van der Waals surface area contributed by atoms with E-state index in [1.165, 1.54) is 6.20 Å². The third kappa shape index (κ3) is 6.18. The Balaban J connectivity index is 1.41. The molecule has 4 heterocycles. The first-order valence-electron chi connectivity index (χ1n) is 12.7. The molecule has 2 aliphatic heterocycles. The highest BCUT2D eigenvalue weighted by Crippen LogP contribution is 2.28. The molecular formula is C27H32N8O3. The molecule has 38 heavy (non-hydrogen) atoms. The number of carbonyl (C=O) groups excluding carboxylic acids is 1. The number of anilines is 5. The van der Waals surface area contributed by atoms with E-state index in [0.29, 0.717) is 43.0 Å². The fourth-order valence-electron chi connectivity index (χ4n) is 4.34. The molecule has 0 saturated carbocycles. The van der Waals surface area contributed by atoms with Crippen molar-refractivity contribution in [1.29, 1.82) is 0 Å². The molecule has 0 atom stereocenters. The molecule has 1 aromatic carbocycles. The van der Waals surface area contributed by atoms with E-state index in [-0.39, 0.29) is 18.1 Å². The lowest BCUT2D eigenvalue weighted by atomic mass is 10.1. The van der Waals surface area contributed by atoms with Gasteiger partial charge < -0.3 is 35.6 Å². The maximum atomic E-state index is 12.9. The van der Waals surface area contributed by atoms with E-state index >= 15 is 0 Å². The summed E-state index contributed by atoms with van der Waals surface area (Å²) in [4.78, 5) is 30.9. The van der Waals surface area contributed by atoms with Crippen molar-refractivity contribution in [2.45, 2.75) is 13.0 Å². The second kappa shape index (κ2) is 11.9. The van der Waals surface area contributed by atoms with Gasteiger partial charge in [-0.1, -0.05) is 18.2 Å². The van der Waals surface area contributed by atoms with Gasteiger partial charge in [0.05, 0.1) is 13.2 Å². The van der Waals surface area contributed by atoms with Gasteiger partial charge in [0.15, 0.2) is 0 Å². The lowest BCUT2D eigenvalue weighted by Gasteiger charge is -2.35. The Labute approximate surface area is 221 Å². The van der Waals surface area contributed by atoms with Gasteiger partial charge in [-0.15, -0.1) is 0 Å². The number of nitrogens with zero attached hydrogens (tertiary/aromatic N) is 5. The van der Waals surface area contributed by atoms with Gasteiger partial charge in [-0.25, -0.2) is 4.98 Å². The molecule has 2 aliphatic rings. The molecular weight excluding hydrogens is 484 g/mol. The molecule has 5 rings (SSSR count). The highest BCUT2D eigenvalue weighted by molar-refractivity contribution is 5.99. The quantitative estimate of drug-likeness (QED) is 0.384. The molecule has 1 fully saturated rings. The Morgan fingerprint density at radius 2 is 1.97 bits per heavy atom. The molecule has 1 saturated heterocycles. The number of carbonyl (C=O) groups is 1. The molecule has 2 bridgehead atoms. The number of rotatable bonds is 4. The number of pyridine rings is 1. The molecule has 198 valence electrons. The van der Waals surface area contributed by atoms with Crippen molar-refractivity contribution in [1.82, 2.24) is 25.2 Å².